The summed E-state index contributed by atoms with van der Waals surface area (Å²) in [6, 6.07) is 16.0. The van der Waals surface area contributed by atoms with Gasteiger partial charge < -0.3 is 0 Å². The number of benzene rings is 2. The number of sulfonamides is 1. The molecule has 1 aliphatic heterocycles. The van der Waals surface area contributed by atoms with Gasteiger partial charge in [0.15, 0.2) is 0 Å². The van der Waals surface area contributed by atoms with Gasteiger partial charge in [-0.1, -0.05) is 54.6 Å². The molecule has 3 rings (SSSR count). The van der Waals surface area contributed by atoms with Crippen LogP contribution < -0.4 is 5.48 Å². The zero-order valence-corrected chi connectivity index (χ0v) is 15.7. The van der Waals surface area contributed by atoms with Crippen molar-refractivity contribution < 1.29 is 18.4 Å². The van der Waals surface area contributed by atoms with Gasteiger partial charge in [-0.05, 0) is 36.5 Å². The molecule has 142 valence electrons. The Morgan fingerprint density at radius 1 is 1.15 bits per heavy atom. The summed E-state index contributed by atoms with van der Waals surface area (Å²) in [6.07, 6.45) is 0.768. The molecule has 1 atom stereocenters. The number of carbonyl (C=O) groups is 1. The summed E-state index contributed by atoms with van der Waals surface area (Å²) in [5, 5.41) is 13.0. The van der Waals surface area contributed by atoms with E-state index in [0.717, 1.165) is 15.5 Å². The largest absolute Gasteiger partial charge is 0.289 e. The number of nitrogens with one attached hydrogen (secondary N) is 1. The molecule has 2 aromatic carbocycles. The normalized spacial score (nSPS) is 17.3. The highest BCUT2D eigenvalue weighted by Gasteiger charge is 2.36. The third-order valence-corrected chi connectivity index (χ3v) is 6.03. The lowest BCUT2D eigenvalue weighted by Crippen LogP contribution is -2.49. The Bertz CT molecular complexity index is 941. The molecule has 1 amide bonds. The van der Waals surface area contributed by atoms with Crippen molar-refractivity contribution >= 4 is 21.6 Å². The number of hydrazone groups is 1. The average Bonchev–Trinajstić information content (AvgIpc) is 2.68. The van der Waals surface area contributed by atoms with Crippen LogP contribution in [-0.2, 0) is 20.6 Å². The van der Waals surface area contributed by atoms with Gasteiger partial charge >= 0.3 is 0 Å². The van der Waals surface area contributed by atoms with Crippen molar-refractivity contribution in [2.45, 2.75) is 31.6 Å². The number of nitrogens with zero attached hydrogens (tertiary/aromatic N) is 2. The first-order valence-corrected chi connectivity index (χ1v) is 10.2. The molecule has 0 bridgehead atoms. The Labute approximate surface area is 158 Å². The van der Waals surface area contributed by atoms with Crippen LogP contribution in [0, 0.1) is 0 Å². The fraction of sp³-hybridized carbons (Fsp3) is 0.263. The van der Waals surface area contributed by atoms with E-state index < -0.39 is 22.0 Å². The van der Waals surface area contributed by atoms with Crippen molar-refractivity contribution in [3.8, 4) is 11.1 Å². The maximum Gasteiger partial charge on any atom is 0.269 e. The lowest BCUT2D eigenvalue weighted by molar-refractivity contribution is -0.133. The van der Waals surface area contributed by atoms with E-state index >= 15 is 0 Å². The van der Waals surface area contributed by atoms with Gasteiger partial charge in [-0.15, -0.1) is 0 Å². The lowest BCUT2D eigenvalue weighted by Gasteiger charge is -2.30. The molecule has 7 nitrogen and oxygen atoms in total. The maximum absolute atomic E-state index is 12.8. The number of hydrogen-bond acceptors (Lipinski definition) is 5. The molecule has 0 fully saturated rings. The van der Waals surface area contributed by atoms with Crippen LogP contribution in [0.5, 0.6) is 0 Å². The van der Waals surface area contributed by atoms with Crippen LogP contribution in [0.2, 0.25) is 0 Å². The van der Waals surface area contributed by atoms with Gasteiger partial charge in [0, 0.05) is 5.71 Å². The van der Waals surface area contributed by atoms with Crippen LogP contribution >= 0.6 is 0 Å². The molecule has 1 heterocycles. The van der Waals surface area contributed by atoms with Crippen molar-refractivity contribution in [3.63, 3.8) is 0 Å². The molecule has 8 heteroatoms. The number of amides is 1. The average molecular weight is 387 g/mol. The molecular formula is C19H21N3O4S. The van der Waals surface area contributed by atoms with E-state index in [0.29, 0.717) is 17.7 Å². The van der Waals surface area contributed by atoms with Crippen LogP contribution in [-0.4, -0.2) is 35.7 Å². The first-order valence-electron chi connectivity index (χ1n) is 8.55. The second-order valence-electron chi connectivity index (χ2n) is 6.46. The number of hydrogen-bond donors (Lipinski definition) is 2. The summed E-state index contributed by atoms with van der Waals surface area (Å²) in [7, 11) is -3.88. The van der Waals surface area contributed by atoms with Gasteiger partial charge in [-0.2, -0.15) is 9.52 Å². The molecular weight excluding hydrogens is 366 g/mol. The Morgan fingerprint density at radius 3 is 2.41 bits per heavy atom. The quantitative estimate of drug-likeness (QED) is 0.608. The van der Waals surface area contributed by atoms with Crippen LogP contribution in [0.1, 0.15) is 25.3 Å². The summed E-state index contributed by atoms with van der Waals surface area (Å²) in [5.41, 5.74) is 4.78. The fourth-order valence-electron chi connectivity index (χ4n) is 3.01. The molecule has 0 aromatic heterocycles. The highest BCUT2D eigenvalue weighted by molar-refractivity contribution is 7.88. The lowest BCUT2D eigenvalue weighted by atomic mass is 10.0. The van der Waals surface area contributed by atoms with Crippen LogP contribution in [0.3, 0.4) is 0 Å². The summed E-state index contributed by atoms with van der Waals surface area (Å²) < 4.78 is 26.5. The molecule has 0 radical (unpaired) electrons. The molecule has 0 saturated heterocycles. The predicted molar refractivity (Wildman–Crippen MR) is 102 cm³/mol. The highest BCUT2D eigenvalue weighted by Crippen LogP contribution is 2.24. The summed E-state index contributed by atoms with van der Waals surface area (Å²) >= 11 is 0. The predicted octanol–water partition coefficient (Wildman–Crippen LogP) is 2.53. The SMILES string of the molecule is CC1=NN(S(=O)(=O)Cc2ccc(-c3ccccc3)cc2)C(C(=O)NO)CC1. The van der Waals surface area contributed by atoms with Crippen molar-refractivity contribution in [3.05, 3.63) is 60.2 Å². The second kappa shape index (κ2) is 7.89. The zero-order valence-electron chi connectivity index (χ0n) is 14.9. The molecule has 27 heavy (non-hydrogen) atoms. The topological polar surface area (TPSA) is 99.1 Å². The van der Waals surface area contributed by atoms with Crippen LogP contribution in [0.4, 0.5) is 0 Å². The van der Waals surface area contributed by atoms with E-state index in [1.807, 2.05) is 42.5 Å². The molecule has 1 aliphatic rings. The number of carbonyl (C=O) groups excluding carboxylic acids is 1. The van der Waals surface area contributed by atoms with Gasteiger partial charge in [0.05, 0.1) is 5.75 Å². The molecule has 2 aromatic rings. The van der Waals surface area contributed by atoms with Crippen molar-refractivity contribution in [2.75, 3.05) is 0 Å². The standard InChI is InChI=1S/C19H21N3O4S/c1-14-7-12-18(19(23)21-24)22(20-14)27(25,26)13-15-8-10-17(11-9-15)16-5-3-2-4-6-16/h2-6,8-11,18,24H,7,12-13H2,1H3,(H,21,23). The van der Waals surface area contributed by atoms with E-state index in [-0.39, 0.29) is 12.2 Å². The first-order chi connectivity index (χ1) is 12.9. The fourth-order valence-corrected chi connectivity index (χ4v) is 4.61. The minimum absolute atomic E-state index is 0.272. The number of rotatable bonds is 5. The third kappa shape index (κ3) is 4.35. The minimum Gasteiger partial charge on any atom is -0.289 e. The smallest absolute Gasteiger partial charge is 0.269 e. The van der Waals surface area contributed by atoms with Gasteiger partial charge in [0.25, 0.3) is 15.9 Å². The molecule has 0 spiro atoms. The second-order valence-corrected chi connectivity index (χ2v) is 8.28. The summed E-state index contributed by atoms with van der Waals surface area (Å²) in [4.78, 5) is 11.8. The van der Waals surface area contributed by atoms with Crippen LogP contribution in [0.15, 0.2) is 59.7 Å². The van der Waals surface area contributed by atoms with Gasteiger partial charge in [-0.3, -0.25) is 10.0 Å². The van der Waals surface area contributed by atoms with Gasteiger partial charge in [-0.25, -0.2) is 13.9 Å². The highest BCUT2D eigenvalue weighted by atomic mass is 32.2. The van der Waals surface area contributed by atoms with Crippen molar-refractivity contribution in [1.82, 2.24) is 9.89 Å². The summed E-state index contributed by atoms with van der Waals surface area (Å²) in [6.45, 7) is 1.71. The third-order valence-electron chi connectivity index (χ3n) is 4.42. The monoisotopic (exact) mass is 387 g/mol. The molecule has 1 unspecified atom stereocenters. The Hall–Kier alpha value is -2.71. The maximum atomic E-state index is 12.8. The summed E-state index contributed by atoms with van der Waals surface area (Å²) in [5.74, 6) is -1.07. The van der Waals surface area contributed by atoms with E-state index in [9.17, 15) is 13.2 Å². The Kier molecular flexibility index (Phi) is 5.57. The Morgan fingerprint density at radius 2 is 1.78 bits per heavy atom. The molecule has 0 aliphatic carbocycles. The van der Waals surface area contributed by atoms with Crippen molar-refractivity contribution in [1.29, 1.82) is 0 Å². The molecule has 2 N–H and O–H groups in total. The Balaban J connectivity index is 1.83. The minimum atomic E-state index is -3.88. The first kappa shape index (κ1) is 19.1. The van der Waals surface area contributed by atoms with E-state index in [1.54, 1.807) is 19.1 Å². The van der Waals surface area contributed by atoms with Crippen molar-refractivity contribution in [2.24, 2.45) is 5.10 Å². The molecule has 0 saturated carbocycles. The number of hydroxylamine groups is 1. The van der Waals surface area contributed by atoms with E-state index in [2.05, 4.69) is 5.10 Å². The van der Waals surface area contributed by atoms with Gasteiger partial charge in [0.2, 0.25) is 0 Å². The van der Waals surface area contributed by atoms with E-state index in [4.69, 9.17) is 5.21 Å². The van der Waals surface area contributed by atoms with Gasteiger partial charge in [0.1, 0.15) is 6.04 Å². The zero-order chi connectivity index (χ0) is 19.4. The van der Waals surface area contributed by atoms with E-state index in [1.165, 1.54) is 5.48 Å². The van der Waals surface area contributed by atoms with Crippen LogP contribution in [0.25, 0.3) is 11.1 Å².